The molecule has 0 saturated carbocycles. The van der Waals surface area contributed by atoms with Crippen LogP contribution in [0.1, 0.15) is 22.1 Å². The van der Waals surface area contributed by atoms with Crippen LogP contribution in [0.25, 0.3) is 5.82 Å². The Kier molecular flexibility index (Phi) is 6.60. The zero-order valence-corrected chi connectivity index (χ0v) is 18.6. The van der Waals surface area contributed by atoms with Gasteiger partial charge in [-0.05, 0) is 11.6 Å². The molecule has 0 radical (unpaired) electrons. The van der Waals surface area contributed by atoms with Gasteiger partial charge in [-0.1, -0.05) is 12.1 Å². The Morgan fingerprint density at radius 1 is 1.23 bits per heavy atom. The predicted molar refractivity (Wildman–Crippen MR) is 114 cm³/mol. The van der Waals surface area contributed by atoms with Gasteiger partial charge >= 0.3 is 6.18 Å². The van der Waals surface area contributed by atoms with Gasteiger partial charge in [0.25, 0.3) is 0 Å². The summed E-state index contributed by atoms with van der Waals surface area (Å²) in [5.74, 6) is -3.58. The van der Waals surface area contributed by atoms with Gasteiger partial charge in [0.05, 0.1) is 35.3 Å². The van der Waals surface area contributed by atoms with Crippen LogP contribution in [0.4, 0.5) is 27.6 Å². The standard InChI is InChI=1S/C21H18F5N5O3S/c22-15-7-13(30-18(32)6-12-2-1-3-14(19(12)23)21(24,25)26)8-28-20(15)31-10-16(29-11-31)17-9-27-4-5-35(17,33)34/h1-3,7-8,10-11,17,27H,4-6,9H2,(H,30,32)/t17-/m1/s1. The molecule has 1 amide bonds. The number of hydrogen-bond acceptors (Lipinski definition) is 6. The maximum absolute atomic E-state index is 14.7. The number of carbonyl (C=O) groups is 1. The third-order valence-corrected chi connectivity index (χ3v) is 7.39. The van der Waals surface area contributed by atoms with Crippen LogP contribution in [-0.4, -0.2) is 47.7 Å². The van der Waals surface area contributed by atoms with Crippen molar-refractivity contribution in [2.75, 3.05) is 24.2 Å². The number of pyridine rings is 1. The second-order valence-corrected chi connectivity index (χ2v) is 10.1. The van der Waals surface area contributed by atoms with Crippen LogP contribution >= 0.6 is 0 Å². The number of aromatic nitrogens is 3. The van der Waals surface area contributed by atoms with Crippen LogP contribution < -0.4 is 10.6 Å². The van der Waals surface area contributed by atoms with Gasteiger partial charge in [-0.25, -0.2) is 27.2 Å². The Morgan fingerprint density at radius 2 is 2.00 bits per heavy atom. The number of nitrogens with one attached hydrogen (secondary N) is 2. The molecule has 2 aromatic heterocycles. The number of nitrogens with zero attached hydrogens (tertiary/aromatic N) is 3. The maximum atomic E-state index is 14.7. The highest BCUT2D eigenvalue weighted by Crippen LogP contribution is 2.32. The minimum Gasteiger partial charge on any atom is -0.324 e. The Bertz CT molecular complexity index is 1370. The summed E-state index contributed by atoms with van der Waals surface area (Å²) in [4.78, 5) is 20.2. The second kappa shape index (κ2) is 9.34. The van der Waals surface area contributed by atoms with Crippen molar-refractivity contribution in [3.05, 3.63) is 71.4 Å². The number of hydrogen-bond donors (Lipinski definition) is 2. The van der Waals surface area contributed by atoms with Crippen molar-refractivity contribution in [1.82, 2.24) is 19.9 Å². The van der Waals surface area contributed by atoms with Crippen molar-refractivity contribution in [3.8, 4) is 5.82 Å². The van der Waals surface area contributed by atoms with Crippen molar-refractivity contribution in [2.24, 2.45) is 0 Å². The van der Waals surface area contributed by atoms with Gasteiger partial charge in [-0.15, -0.1) is 0 Å². The van der Waals surface area contributed by atoms with Crippen molar-refractivity contribution >= 4 is 21.4 Å². The van der Waals surface area contributed by atoms with E-state index in [4.69, 9.17) is 0 Å². The molecule has 1 aromatic carbocycles. The van der Waals surface area contributed by atoms with Crippen LogP contribution in [0, 0.1) is 11.6 Å². The average Bonchev–Trinajstić information content (AvgIpc) is 3.23. The van der Waals surface area contributed by atoms with Crippen molar-refractivity contribution in [2.45, 2.75) is 17.8 Å². The monoisotopic (exact) mass is 515 g/mol. The van der Waals surface area contributed by atoms with E-state index < -0.39 is 56.4 Å². The van der Waals surface area contributed by atoms with Gasteiger partial charge in [-0.2, -0.15) is 13.2 Å². The Balaban J connectivity index is 1.48. The predicted octanol–water partition coefficient (Wildman–Crippen LogP) is 2.80. The molecule has 0 spiro atoms. The fourth-order valence-electron chi connectivity index (χ4n) is 3.63. The Hall–Kier alpha value is -3.39. The lowest BCUT2D eigenvalue weighted by Gasteiger charge is -2.21. The fourth-order valence-corrected chi connectivity index (χ4v) is 5.20. The summed E-state index contributed by atoms with van der Waals surface area (Å²) in [5.41, 5.74) is -1.85. The maximum Gasteiger partial charge on any atom is 0.419 e. The molecule has 186 valence electrons. The van der Waals surface area contributed by atoms with Gasteiger partial charge < -0.3 is 10.6 Å². The smallest absolute Gasteiger partial charge is 0.324 e. The number of halogens is 5. The van der Waals surface area contributed by atoms with E-state index in [-0.39, 0.29) is 29.5 Å². The summed E-state index contributed by atoms with van der Waals surface area (Å²) in [6, 6.07) is 3.51. The van der Waals surface area contributed by atoms with Crippen LogP contribution in [0.5, 0.6) is 0 Å². The van der Waals surface area contributed by atoms with E-state index >= 15 is 0 Å². The van der Waals surface area contributed by atoms with E-state index in [2.05, 4.69) is 20.6 Å². The minimum absolute atomic E-state index is 0.0457. The van der Waals surface area contributed by atoms with Crippen LogP contribution in [0.15, 0.2) is 43.0 Å². The largest absolute Gasteiger partial charge is 0.419 e. The highest BCUT2D eigenvalue weighted by atomic mass is 32.2. The molecule has 1 saturated heterocycles. The molecular formula is C21H18F5N5O3S. The minimum atomic E-state index is -4.91. The van der Waals surface area contributed by atoms with E-state index in [0.29, 0.717) is 12.6 Å². The first-order chi connectivity index (χ1) is 16.5. The van der Waals surface area contributed by atoms with Crippen molar-refractivity contribution < 1.29 is 35.2 Å². The number of anilines is 1. The first-order valence-corrected chi connectivity index (χ1v) is 11.9. The third-order valence-electron chi connectivity index (χ3n) is 5.34. The van der Waals surface area contributed by atoms with E-state index in [1.54, 1.807) is 0 Å². The number of carbonyl (C=O) groups excluding carboxylic acids is 1. The molecule has 4 rings (SSSR count). The van der Waals surface area contributed by atoms with Crippen molar-refractivity contribution in [3.63, 3.8) is 0 Å². The number of alkyl halides is 3. The molecule has 1 fully saturated rings. The number of benzene rings is 1. The normalized spacial score (nSPS) is 17.8. The van der Waals surface area contributed by atoms with Crippen LogP contribution in [-0.2, 0) is 27.2 Å². The van der Waals surface area contributed by atoms with Gasteiger partial charge in [0.2, 0.25) is 5.91 Å². The third kappa shape index (κ3) is 5.32. The molecule has 1 aliphatic rings. The summed E-state index contributed by atoms with van der Waals surface area (Å²) in [6.07, 6.45) is -1.98. The average molecular weight is 515 g/mol. The van der Waals surface area contributed by atoms with Crippen LogP contribution in [0.2, 0.25) is 0 Å². The molecule has 2 N–H and O–H groups in total. The summed E-state index contributed by atoms with van der Waals surface area (Å²) < 4.78 is 93.1. The molecular weight excluding hydrogens is 497 g/mol. The van der Waals surface area contributed by atoms with E-state index in [1.807, 2.05) is 0 Å². The summed E-state index contributed by atoms with van der Waals surface area (Å²) in [7, 11) is -3.40. The van der Waals surface area contributed by atoms with E-state index in [1.165, 1.54) is 17.1 Å². The fraction of sp³-hybridized carbons (Fsp3) is 0.286. The lowest BCUT2D eigenvalue weighted by atomic mass is 10.1. The Morgan fingerprint density at radius 3 is 2.69 bits per heavy atom. The molecule has 0 unspecified atom stereocenters. The molecule has 3 heterocycles. The topological polar surface area (TPSA) is 106 Å². The molecule has 3 aromatic rings. The van der Waals surface area contributed by atoms with Gasteiger partial charge in [0.15, 0.2) is 21.5 Å². The lowest BCUT2D eigenvalue weighted by molar-refractivity contribution is -0.140. The number of rotatable bonds is 5. The zero-order valence-electron chi connectivity index (χ0n) is 17.8. The number of amides is 1. The molecule has 1 aliphatic heterocycles. The molecule has 35 heavy (non-hydrogen) atoms. The van der Waals surface area contributed by atoms with E-state index in [9.17, 15) is 35.2 Å². The summed E-state index contributed by atoms with van der Waals surface area (Å²) in [5, 5.41) is 4.35. The lowest BCUT2D eigenvalue weighted by Crippen LogP contribution is -2.38. The highest BCUT2D eigenvalue weighted by molar-refractivity contribution is 7.91. The first-order valence-electron chi connectivity index (χ1n) is 10.2. The first kappa shape index (κ1) is 24.7. The second-order valence-electron chi connectivity index (χ2n) is 7.80. The van der Waals surface area contributed by atoms with Crippen molar-refractivity contribution in [1.29, 1.82) is 0 Å². The highest BCUT2D eigenvalue weighted by Gasteiger charge is 2.35. The molecule has 0 aliphatic carbocycles. The van der Waals surface area contributed by atoms with E-state index in [0.717, 1.165) is 24.4 Å². The van der Waals surface area contributed by atoms with Crippen LogP contribution in [0.3, 0.4) is 0 Å². The summed E-state index contributed by atoms with van der Waals surface area (Å²) in [6.45, 7) is 0.510. The van der Waals surface area contributed by atoms with Gasteiger partial charge in [0, 0.05) is 25.4 Å². The number of sulfone groups is 1. The molecule has 14 heteroatoms. The quantitative estimate of drug-likeness (QED) is 0.507. The SMILES string of the molecule is O=C(Cc1cccc(C(F)(F)F)c1F)Nc1cnc(-n2cnc([C@H]3CNCCS3(=O)=O)c2)c(F)c1. The van der Waals surface area contributed by atoms with Gasteiger partial charge in [-0.3, -0.25) is 9.36 Å². The molecule has 1 atom stereocenters. The number of imidazole rings is 1. The molecule has 0 bridgehead atoms. The summed E-state index contributed by atoms with van der Waals surface area (Å²) >= 11 is 0. The zero-order chi connectivity index (χ0) is 25.4. The Labute approximate surface area is 196 Å². The van der Waals surface area contributed by atoms with Gasteiger partial charge in [0.1, 0.15) is 17.4 Å². The molecule has 8 nitrogen and oxygen atoms in total.